The van der Waals surface area contributed by atoms with Crippen LogP contribution in [0.25, 0.3) is 0 Å². The molecule has 0 saturated heterocycles. The van der Waals surface area contributed by atoms with Crippen molar-refractivity contribution in [1.29, 1.82) is 0 Å². The Kier molecular flexibility index (Phi) is 4.18. The molecule has 2 aromatic carbocycles. The first-order valence-corrected chi connectivity index (χ1v) is 6.44. The summed E-state index contributed by atoms with van der Waals surface area (Å²) in [6.45, 7) is 3.52. The summed E-state index contributed by atoms with van der Waals surface area (Å²) in [4.78, 5) is 12.4. The highest BCUT2D eigenvalue weighted by Gasteiger charge is 2.14. The quantitative estimate of drug-likeness (QED) is 0.790. The number of carbonyl (C=O) groups is 1. The zero-order valence-electron chi connectivity index (χ0n) is 11.9. The molecule has 0 unspecified atom stereocenters. The van der Waals surface area contributed by atoms with Gasteiger partial charge in [0.25, 0.3) is 0 Å². The van der Waals surface area contributed by atoms with Crippen molar-refractivity contribution in [3.05, 3.63) is 64.5 Å². The molecular weight excluding hydrogens is 255 g/mol. The smallest absolute Gasteiger partial charge is 0.167 e. The molecule has 0 aliphatic heterocycles. The van der Waals surface area contributed by atoms with E-state index < -0.39 is 0 Å². The summed E-state index contributed by atoms with van der Waals surface area (Å²) in [5.41, 5.74) is 2.89. The SMILES string of the molecule is COc1ccc(CC(=O)c2c(C)cc(F)cc2C)cc1. The van der Waals surface area contributed by atoms with Gasteiger partial charge in [0.2, 0.25) is 0 Å². The first-order valence-electron chi connectivity index (χ1n) is 6.44. The zero-order valence-corrected chi connectivity index (χ0v) is 11.9. The molecule has 0 N–H and O–H groups in total. The van der Waals surface area contributed by atoms with Crippen LogP contribution in [0, 0.1) is 19.7 Å². The first-order chi connectivity index (χ1) is 9.51. The Morgan fingerprint density at radius 2 is 1.65 bits per heavy atom. The number of halogens is 1. The van der Waals surface area contributed by atoms with Crippen LogP contribution in [0.5, 0.6) is 5.75 Å². The number of ketones is 1. The van der Waals surface area contributed by atoms with Crippen molar-refractivity contribution in [1.82, 2.24) is 0 Å². The number of benzene rings is 2. The summed E-state index contributed by atoms with van der Waals surface area (Å²) < 4.78 is 18.3. The van der Waals surface area contributed by atoms with E-state index in [9.17, 15) is 9.18 Å². The van der Waals surface area contributed by atoms with Crippen molar-refractivity contribution in [2.75, 3.05) is 7.11 Å². The van der Waals surface area contributed by atoms with Crippen LogP contribution < -0.4 is 4.74 Å². The van der Waals surface area contributed by atoms with Crippen molar-refractivity contribution >= 4 is 5.78 Å². The number of hydrogen-bond acceptors (Lipinski definition) is 2. The molecule has 2 aromatic rings. The third-order valence-corrected chi connectivity index (χ3v) is 3.30. The Morgan fingerprint density at radius 1 is 1.10 bits per heavy atom. The number of rotatable bonds is 4. The molecule has 2 nitrogen and oxygen atoms in total. The van der Waals surface area contributed by atoms with E-state index in [0.717, 1.165) is 11.3 Å². The lowest BCUT2D eigenvalue weighted by Crippen LogP contribution is -2.08. The van der Waals surface area contributed by atoms with Crippen molar-refractivity contribution in [3.8, 4) is 5.75 Å². The van der Waals surface area contributed by atoms with Crippen molar-refractivity contribution in [2.24, 2.45) is 0 Å². The summed E-state index contributed by atoms with van der Waals surface area (Å²) in [6.07, 6.45) is 0.303. The first kappa shape index (κ1) is 14.3. The van der Waals surface area contributed by atoms with Gasteiger partial charge in [-0.25, -0.2) is 4.39 Å². The van der Waals surface area contributed by atoms with Crippen molar-refractivity contribution in [3.63, 3.8) is 0 Å². The normalized spacial score (nSPS) is 10.4. The summed E-state index contributed by atoms with van der Waals surface area (Å²) in [7, 11) is 1.60. The maximum atomic E-state index is 13.3. The number of ether oxygens (including phenoxy) is 1. The predicted molar refractivity (Wildman–Crippen MR) is 76.9 cm³/mol. The second-order valence-corrected chi connectivity index (χ2v) is 4.86. The second kappa shape index (κ2) is 5.87. The summed E-state index contributed by atoms with van der Waals surface area (Å²) in [5, 5.41) is 0. The summed E-state index contributed by atoms with van der Waals surface area (Å²) in [6, 6.07) is 10.2. The molecule has 0 atom stereocenters. The van der Waals surface area contributed by atoms with Gasteiger partial charge in [0, 0.05) is 12.0 Å². The number of methoxy groups -OCH3 is 1. The van der Waals surface area contributed by atoms with Gasteiger partial charge in [0.1, 0.15) is 11.6 Å². The molecule has 0 aliphatic rings. The molecule has 3 heteroatoms. The fourth-order valence-corrected chi connectivity index (χ4v) is 2.37. The molecule has 0 radical (unpaired) electrons. The van der Waals surface area contributed by atoms with E-state index >= 15 is 0 Å². The zero-order chi connectivity index (χ0) is 14.7. The molecule has 0 heterocycles. The standard InChI is InChI=1S/C17H17FO2/c1-11-8-14(18)9-12(2)17(11)16(19)10-13-4-6-15(20-3)7-5-13/h4-9H,10H2,1-3H3. The number of aryl methyl sites for hydroxylation is 2. The van der Waals surface area contributed by atoms with Gasteiger partial charge in [-0.15, -0.1) is 0 Å². The number of carbonyl (C=O) groups excluding carboxylic acids is 1. The lowest BCUT2D eigenvalue weighted by Gasteiger charge is -2.09. The highest BCUT2D eigenvalue weighted by Crippen LogP contribution is 2.19. The van der Waals surface area contributed by atoms with Gasteiger partial charge in [-0.1, -0.05) is 12.1 Å². The molecule has 0 amide bonds. The Hall–Kier alpha value is -2.16. The van der Waals surface area contributed by atoms with E-state index in [1.54, 1.807) is 21.0 Å². The maximum absolute atomic E-state index is 13.3. The highest BCUT2D eigenvalue weighted by atomic mass is 19.1. The van der Waals surface area contributed by atoms with Crippen LogP contribution in [0.3, 0.4) is 0 Å². The van der Waals surface area contributed by atoms with Crippen LogP contribution >= 0.6 is 0 Å². The van der Waals surface area contributed by atoms with E-state index in [0.29, 0.717) is 23.1 Å². The van der Waals surface area contributed by atoms with Crippen LogP contribution in [0.15, 0.2) is 36.4 Å². The van der Waals surface area contributed by atoms with Crippen LogP contribution in [0.1, 0.15) is 27.0 Å². The van der Waals surface area contributed by atoms with Gasteiger partial charge in [0.15, 0.2) is 5.78 Å². The summed E-state index contributed by atoms with van der Waals surface area (Å²) >= 11 is 0. The van der Waals surface area contributed by atoms with Crippen LogP contribution in [-0.4, -0.2) is 12.9 Å². The second-order valence-electron chi connectivity index (χ2n) is 4.86. The molecular formula is C17H17FO2. The van der Waals surface area contributed by atoms with E-state index in [1.807, 2.05) is 24.3 Å². The van der Waals surface area contributed by atoms with Gasteiger partial charge >= 0.3 is 0 Å². The molecule has 0 aliphatic carbocycles. The van der Waals surface area contributed by atoms with Crippen LogP contribution in [0.2, 0.25) is 0 Å². The van der Waals surface area contributed by atoms with E-state index in [-0.39, 0.29) is 11.6 Å². The molecule has 20 heavy (non-hydrogen) atoms. The highest BCUT2D eigenvalue weighted by molar-refractivity contribution is 6.00. The Balaban J connectivity index is 2.23. The van der Waals surface area contributed by atoms with Crippen molar-refractivity contribution < 1.29 is 13.9 Å². The Morgan fingerprint density at radius 3 is 2.15 bits per heavy atom. The minimum absolute atomic E-state index is 0.00478. The van der Waals surface area contributed by atoms with Gasteiger partial charge in [-0.05, 0) is 54.8 Å². The van der Waals surface area contributed by atoms with E-state index in [2.05, 4.69) is 0 Å². The van der Waals surface area contributed by atoms with Crippen molar-refractivity contribution in [2.45, 2.75) is 20.3 Å². The Bertz CT molecular complexity index is 607. The molecule has 0 fully saturated rings. The molecule has 104 valence electrons. The minimum Gasteiger partial charge on any atom is -0.497 e. The average molecular weight is 272 g/mol. The van der Waals surface area contributed by atoms with Gasteiger partial charge in [-0.2, -0.15) is 0 Å². The fourth-order valence-electron chi connectivity index (χ4n) is 2.37. The average Bonchev–Trinajstić information content (AvgIpc) is 2.38. The summed E-state index contributed by atoms with van der Waals surface area (Å²) in [5.74, 6) is 0.460. The Labute approximate surface area is 118 Å². The van der Waals surface area contributed by atoms with Gasteiger partial charge in [0.05, 0.1) is 7.11 Å². The number of Topliss-reactive ketones (excluding diaryl/α,β-unsaturated/α-hetero) is 1. The van der Waals surface area contributed by atoms with Gasteiger partial charge < -0.3 is 4.74 Å². The fraction of sp³-hybridized carbons (Fsp3) is 0.235. The maximum Gasteiger partial charge on any atom is 0.167 e. The third-order valence-electron chi connectivity index (χ3n) is 3.30. The predicted octanol–water partition coefficient (Wildman–Crippen LogP) is 3.88. The van der Waals surface area contributed by atoms with Gasteiger partial charge in [-0.3, -0.25) is 4.79 Å². The topological polar surface area (TPSA) is 26.3 Å². The monoisotopic (exact) mass is 272 g/mol. The van der Waals surface area contributed by atoms with Crippen LogP contribution in [-0.2, 0) is 6.42 Å². The molecule has 0 saturated carbocycles. The molecule has 0 bridgehead atoms. The van der Waals surface area contributed by atoms with E-state index in [1.165, 1.54) is 12.1 Å². The number of hydrogen-bond donors (Lipinski definition) is 0. The lowest BCUT2D eigenvalue weighted by molar-refractivity contribution is 0.0991. The molecule has 0 aromatic heterocycles. The molecule has 2 rings (SSSR count). The minimum atomic E-state index is -0.305. The largest absolute Gasteiger partial charge is 0.497 e. The third kappa shape index (κ3) is 3.05. The van der Waals surface area contributed by atoms with Crippen LogP contribution in [0.4, 0.5) is 4.39 Å². The lowest BCUT2D eigenvalue weighted by atomic mass is 9.95. The van der Waals surface area contributed by atoms with E-state index in [4.69, 9.17) is 4.74 Å². The molecule has 0 spiro atoms.